The van der Waals surface area contributed by atoms with Gasteiger partial charge in [0.05, 0.1) is 29.2 Å². The Bertz CT molecular complexity index is 997. The van der Waals surface area contributed by atoms with Crippen molar-refractivity contribution in [2.24, 2.45) is 5.92 Å². The van der Waals surface area contributed by atoms with Gasteiger partial charge in [0.15, 0.2) is 11.6 Å². The van der Waals surface area contributed by atoms with E-state index in [4.69, 9.17) is 4.84 Å². The summed E-state index contributed by atoms with van der Waals surface area (Å²) >= 11 is 1.29. The van der Waals surface area contributed by atoms with Crippen molar-refractivity contribution in [2.75, 3.05) is 18.5 Å². The third kappa shape index (κ3) is 4.54. The van der Waals surface area contributed by atoms with Crippen LogP contribution in [0.25, 0.3) is 10.9 Å². The van der Waals surface area contributed by atoms with E-state index >= 15 is 0 Å². The lowest BCUT2D eigenvalue weighted by molar-refractivity contribution is -0.141. The van der Waals surface area contributed by atoms with Crippen LogP contribution < -0.4 is 10.8 Å². The minimum absolute atomic E-state index is 0.110. The fourth-order valence-corrected chi connectivity index (χ4v) is 3.66. The average Bonchev–Trinajstić information content (AvgIpc) is 3.19. The first-order chi connectivity index (χ1) is 13.9. The molecule has 4 rings (SSSR count). The number of anilines is 2. The molecule has 1 unspecified atom stereocenters. The predicted molar refractivity (Wildman–Crippen MR) is 100.0 cm³/mol. The zero-order chi connectivity index (χ0) is 20.4. The van der Waals surface area contributed by atoms with E-state index in [1.54, 1.807) is 11.7 Å². The number of nitrogens with one attached hydrogen (secondary N) is 2. The van der Waals surface area contributed by atoms with Crippen molar-refractivity contribution in [1.82, 2.24) is 25.2 Å². The van der Waals surface area contributed by atoms with Crippen molar-refractivity contribution in [3.63, 3.8) is 0 Å². The smallest absolute Gasteiger partial charge is 0.329 e. The van der Waals surface area contributed by atoms with Crippen LogP contribution in [0.4, 0.5) is 24.0 Å². The highest BCUT2D eigenvalue weighted by atomic mass is 32.1. The second-order valence-electron chi connectivity index (χ2n) is 6.60. The predicted octanol–water partition coefficient (Wildman–Crippen LogP) is 3.31. The number of hydroxylamine groups is 1. The summed E-state index contributed by atoms with van der Waals surface area (Å²) in [5, 5.41) is 8.04. The number of pyridine rings is 1. The van der Waals surface area contributed by atoms with Gasteiger partial charge >= 0.3 is 6.18 Å². The Balaban J connectivity index is 1.71. The maximum Gasteiger partial charge on any atom is 0.408 e. The molecule has 1 atom stereocenters. The van der Waals surface area contributed by atoms with Crippen LogP contribution in [0, 0.1) is 5.92 Å². The molecule has 0 spiro atoms. The summed E-state index contributed by atoms with van der Waals surface area (Å²) in [6, 6.07) is 1.38. The van der Waals surface area contributed by atoms with Crippen LogP contribution in [0.1, 0.15) is 23.3 Å². The molecule has 3 aromatic heterocycles. The van der Waals surface area contributed by atoms with Crippen molar-refractivity contribution in [3.8, 4) is 0 Å². The van der Waals surface area contributed by atoms with Gasteiger partial charge in [-0.1, -0.05) is 0 Å². The Morgan fingerprint density at radius 2 is 2.28 bits per heavy atom. The quantitative estimate of drug-likeness (QED) is 0.605. The molecule has 12 heteroatoms. The van der Waals surface area contributed by atoms with E-state index < -0.39 is 12.7 Å². The Labute approximate surface area is 167 Å². The SMILES string of the molecule is O=C(c1cc2c(cn1)c(Nc1cncs1)nn2CC(F)(F)F)C1CCCONC1. The van der Waals surface area contributed by atoms with Gasteiger partial charge < -0.3 is 10.2 Å². The lowest BCUT2D eigenvalue weighted by atomic mass is 9.96. The molecule has 0 bridgehead atoms. The molecule has 1 fully saturated rings. The van der Waals surface area contributed by atoms with Crippen LogP contribution in [0.3, 0.4) is 0 Å². The number of aromatic nitrogens is 4. The molecule has 8 nitrogen and oxygen atoms in total. The van der Waals surface area contributed by atoms with Gasteiger partial charge in [0.1, 0.15) is 17.2 Å². The number of hydrogen-bond donors (Lipinski definition) is 2. The van der Waals surface area contributed by atoms with Gasteiger partial charge in [-0.25, -0.2) is 5.48 Å². The molecular weight excluding hydrogens is 409 g/mol. The zero-order valence-electron chi connectivity index (χ0n) is 15.1. The van der Waals surface area contributed by atoms with E-state index in [0.29, 0.717) is 36.4 Å². The van der Waals surface area contributed by atoms with Crippen LogP contribution >= 0.6 is 11.3 Å². The summed E-state index contributed by atoms with van der Waals surface area (Å²) in [6.07, 6.45) is -0.207. The minimum Gasteiger partial charge on any atom is -0.329 e. The summed E-state index contributed by atoms with van der Waals surface area (Å²) in [5.41, 5.74) is 4.62. The van der Waals surface area contributed by atoms with Crippen LogP contribution in [-0.2, 0) is 11.4 Å². The molecular formula is C17H17F3N6O2S. The van der Waals surface area contributed by atoms with Crippen molar-refractivity contribution in [1.29, 1.82) is 0 Å². The first-order valence-corrected chi connectivity index (χ1v) is 9.76. The summed E-state index contributed by atoms with van der Waals surface area (Å²) in [7, 11) is 0. The molecule has 1 saturated heterocycles. The highest BCUT2D eigenvalue weighted by Crippen LogP contribution is 2.30. The number of halogens is 3. The van der Waals surface area contributed by atoms with Crippen LogP contribution in [-0.4, -0.2) is 44.9 Å². The fraction of sp³-hybridized carbons (Fsp3) is 0.412. The van der Waals surface area contributed by atoms with E-state index in [1.807, 2.05) is 0 Å². The van der Waals surface area contributed by atoms with E-state index in [0.717, 1.165) is 4.68 Å². The maximum absolute atomic E-state index is 13.1. The lowest BCUT2D eigenvalue weighted by Gasteiger charge is -2.12. The lowest BCUT2D eigenvalue weighted by Crippen LogP contribution is -2.26. The van der Waals surface area contributed by atoms with E-state index in [9.17, 15) is 18.0 Å². The number of nitrogens with zero attached hydrogens (tertiary/aromatic N) is 4. The number of ketones is 1. The fourth-order valence-electron chi connectivity index (χ4n) is 3.15. The zero-order valence-corrected chi connectivity index (χ0v) is 15.9. The molecule has 3 aromatic rings. The highest BCUT2D eigenvalue weighted by Gasteiger charge is 2.31. The van der Waals surface area contributed by atoms with Crippen molar-refractivity contribution >= 4 is 38.8 Å². The first kappa shape index (κ1) is 19.7. The Hall–Kier alpha value is -2.57. The molecule has 0 radical (unpaired) electrons. The molecule has 0 aliphatic carbocycles. The second kappa shape index (κ2) is 8.05. The van der Waals surface area contributed by atoms with Crippen molar-refractivity contribution < 1.29 is 22.8 Å². The molecule has 154 valence electrons. The van der Waals surface area contributed by atoms with E-state index in [-0.39, 0.29) is 28.7 Å². The first-order valence-electron chi connectivity index (χ1n) is 8.88. The minimum atomic E-state index is -4.46. The molecule has 1 aliphatic heterocycles. The average molecular weight is 426 g/mol. The molecule has 2 N–H and O–H groups in total. The van der Waals surface area contributed by atoms with Crippen LogP contribution in [0.5, 0.6) is 0 Å². The summed E-state index contributed by atoms with van der Waals surface area (Å²) in [5.74, 6) is -0.359. The highest BCUT2D eigenvalue weighted by molar-refractivity contribution is 7.13. The molecule has 29 heavy (non-hydrogen) atoms. The van der Waals surface area contributed by atoms with Gasteiger partial charge in [-0.05, 0) is 18.9 Å². The summed E-state index contributed by atoms with van der Waals surface area (Å²) in [4.78, 5) is 26.1. The van der Waals surface area contributed by atoms with E-state index in [1.165, 1.54) is 23.6 Å². The number of alkyl halides is 3. The normalized spacial score (nSPS) is 18.0. The third-order valence-corrected chi connectivity index (χ3v) is 5.18. The standard InChI is InChI=1S/C17H17F3N6O2S/c18-17(19,20)8-26-13-4-12(15(27)10-2-1-3-28-23-5-10)22-6-11(13)16(25-26)24-14-7-21-9-29-14/h4,6-7,9-10,23H,1-3,5,8H2,(H,24,25). The molecule has 1 aliphatic rings. The Morgan fingerprint density at radius 3 is 3.03 bits per heavy atom. The number of Topliss-reactive ketones (excluding diaryl/α,β-unsaturated/α-hetero) is 1. The summed E-state index contributed by atoms with van der Waals surface area (Å²) in [6.45, 7) is -0.440. The van der Waals surface area contributed by atoms with Gasteiger partial charge in [-0.3, -0.25) is 19.4 Å². The van der Waals surface area contributed by atoms with Gasteiger partial charge in [0.2, 0.25) is 0 Å². The number of thiazole rings is 1. The van der Waals surface area contributed by atoms with Crippen molar-refractivity contribution in [3.05, 3.63) is 29.7 Å². The van der Waals surface area contributed by atoms with Gasteiger partial charge in [-0.2, -0.15) is 18.3 Å². The van der Waals surface area contributed by atoms with E-state index in [2.05, 4.69) is 25.9 Å². The van der Waals surface area contributed by atoms with Crippen molar-refractivity contribution in [2.45, 2.75) is 25.6 Å². The number of carbonyl (C=O) groups excluding carboxylic acids is 1. The number of fused-ring (bicyclic) bond motifs is 1. The van der Waals surface area contributed by atoms with Gasteiger partial charge in [0, 0.05) is 18.7 Å². The number of rotatable bonds is 5. The summed E-state index contributed by atoms with van der Waals surface area (Å²) < 4.78 is 40.0. The molecule has 0 amide bonds. The largest absolute Gasteiger partial charge is 0.408 e. The third-order valence-electron chi connectivity index (χ3n) is 4.49. The van der Waals surface area contributed by atoms with Gasteiger partial charge in [-0.15, -0.1) is 11.3 Å². The molecule has 0 aromatic carbocycles. The number of carbonyl (C=O) groups is 1. The van der Waals surface area contributed by atoms with Crippen LogP contribution in [0.2, 0.25) is 0 Å². The Morgan fingerprint density at radius 1 is 1.41 bits per heavy atom. The topological polar surface area (TPSA) is 94.0 Å². The monoisotopic (exact) mass is 426 g/mol. The Kier molecular flexibility index (Phi) is 5.48. The molecule has 4 heterocycles. The van der Waals surface area contributed by atoms with Gasteiger partial charge in [0.25, 0.3) is 0 Å². The second-order valence-corrected chi connectivity index (χ2v) is 7.49. The maximum atomic E-state index is 13.1. The van der Waals surface area contributed by atoms with Crippen LogP contribution in [0.15, 0.2) is 24.0 Å². The molecule has 0 saturated carbocycles. The number of hydrogen-bond acceptors (Lipinski definition) is 8.